The minimum absolute atomic E-state index is 0.00278. The Balaban J connectivity index is 3.02. The molecule has 2 aromatic rings. The molecule has 2 N–H and O–H groups in total. The first-order valence-corrected chi connectivity index (χ1v) is 3.77. The highest BCUT2D eigenvalue weighted by molar-refractivity contribution is 5.71. The van der Waals surface area contributed by atoms with E-state index in [1.807, 2.05) is 0 Å². The molecular formula is C8H8N4O. The lowest BCUT2D eigenvalue weighted by molar-refractivity contribution is 0.879. The van der Waals surface area contributed by atoms with Gasteiger partial charge in [0.05, 0.1) is 0 Å². The predicted octanol–water partition coefficient (Wildman–Crippen LogP) is -0.0893. The Labute approximate surface area is 73.8 Å². The van der Waals surface area contributed by atoms with Crippen LogP contribution >= 0.6 is 0 Å². The maximum atomic E-state index is 11.3. The Hall–Kier alpha value is -1.91. The van der Waals surface area contributed by atoms with Crippen LogP contribution in [-0.2, 0) is 7.05 Å². The first kappa shape index (κ1) is 7.72. The number of fused-ring (bicyclic) bond motifs is 1. The molecule has 0 saturated heterocycles. The van der Waals surface area contributed by atoms with Crippen molar-refractivity contribution in [3.63, 3.8) is 0 Å². The van der Waals surface area contributed by atoms with Gasteiger partial charge in [-0.15, -0.1) is 0 Å². The Kier molecular flexibility index (Phi) is 1.51. The van der Waals surface area contributed by atoms with Crippen molar-refractivity contribution < 1.29 is 0 Å². The van der Waals surface area contributed by atoms with Crippen molar-refractivity contribution in [2.75, 3.05) is 5.73 Å². The van der Waals surface area contributed by atoms with E-state index >= 15 is 0 Å². The van der Waals surface area contributed by atoms with Gasteiger partial charge in [-0.3, -0.25) is 9.36 Å². The summed E-state index contributed by atoms with van der Waals surface area (Å²) in [5.41, 5.74) is 6.27. The van der Waals surface area contributed by atoms with Crippen molar-refractivity contribution in [2.45, 2.75) is 0 Å². The van der Waals surface area contributed by atoms with Crippen LogP contribution in [-0.4, -0.2) is 14.5 Å². The highest BCUT2D eigenvalue weighted by atomic mass is 16.1. The van der Waals surface area contributed by atoms with Crippen molar-refractivity contribution in [3.8, 4) is 0 Å². The second kappa shape index (κ2) is 2.55. The van der Waals surface area contributed by atoms with Crippen LogP contribution in [0.4, 0.5) is 5.82 Å². The molecule has 2 aromatic heterocycles. The molecule has 0 atom stereocenters. The van der Waals surface area contributed by atoms with Gasteiger partial charge < -0.3 is 5.73 Å². The summed E-state index contributed by atoms with van der Waals surface area (Å²) in [4.78, 5) is 19.3. The number of aromatic nitrogens is 3. The lowest BCUT2D eigenvalue weighted by Crippen LogP contribution is -2.22. The Bertz CT molecular complexity index is 517. The van der Waals surface area contributed by atoms with Crippen molar-refractivity contribution >= 4 is 17.0 Å². The van der Waals surface area contributed by atoms with Gasteiger partial charge in [0.1, 0.15) is 5.52 Å². The zero-order valence-electron chi connectivity index (χ0n) is 7.06. The number of anilines is 1. The van der Waals surface area contributed by atoms with Crippen molar-refractivity contribution in [1.82, 2.24) is 14.5 Å². The summed E-state index contributed by atoms with van der Waals surface area (Å²) in [6.45, 7) is 0. The number of pyridine rings is 1. The predicted molar refractivity (Wildman–Crippen MR) is 49.2 cm³/mol. The normalized spacial score (nSPS) is 10.5. The zero-order valence-corrected chi connectivity index (χ0v) is 7.06. The second-order valence-corrected chi connectivity index (χ2v) is 2.71. The number of nitrogens with two attached hydrogens (primary N) is 1. The van der Waals surface area contributed by atoms with Gasteiger partial charge in [0, 0.05) is 13.2 Å². The molecule has 0 aliphatic heterocycles. The molecule has 5 nitrogen and oxygen atoms in total. The monoisotopic (exact) mass is 176 g/mol. The largest absolute Gasteiger partial charge is 0.379 e. The summed E-state index contributed by atoms with van der Waals surface area (Å²) in [6.07, 6.45) is 1.61. The van der Waals surface area contributed by atoms with Gasteiger partial charge in [-0.05, 0) is 12.1 Å². The fourth-order valence-corrected chi connectivity index (χ4v) is 1.18. The molecule has 0 unspecified atom stereocenters. The highest BCUT2D eigenvalue weighted by Gasteiger charge is 2.04. The number of nitrogens with zero attached hydrogens (tertiary/aromatic N) is 3. The van der Waals surface area contributed by atoms with E-state index in [0.717, 1.165) is 0 Å². The van der Waals surface area contributed by atoms with Gasteiger partial charge in [0.25, 0.3) is 5.56 Å². The van der Waals surface area contributed by atoms with Crippen LogP contribution in [0.15, 0.2) is 23.1 Å². The smallest absolute Gasteiger partial charge is 0.294 e. The molecule has 66 valence electrons. The van der Waals surface area contributed by atoms with E-state index in [9.17, 15) is 4.79 Å². The molecule has 0 amide bonds. The van der Waals surface area contributed by atoms with Crippen LogP contribution in [0.25, 0.3) is 11.2 Å². The van der Waals surface area contributed by atoms with Crippen LogP contribution in [0, 0.1) is 0 Å². The number of aryl methyl sites for hydroxylation is 1. The molecule has 13 heavy (non-hydrogen) atoms. The van der Waals surface area contributed by atoms with Gasteiger partial charge >= 0.3 is 0 Å². The van der Waals surface area contributed by atoms with Gasteiger partial charge in [-0.1, -0.05) is 0 Å². The molecule has 0 aliphatic rings. The van der Waals surface area contributed by atoms with Gasteiger partial charge in [0.15, 0.2) is 11.5 Å². The third-order valence-electron chi connectivity index (χ3n) is 1.85. The molecule has 0 radical (unpaired) electrons. The van der Waals surface area contributed by atoms with E-state index in [1.165, 1.54) is 4.57 Å². The summed E-state index contributed by atoms with van der Waals surface area (Å²) >= 11 is 0. The molecular weight excluding hydrogens is 168 g/mol. The zero-order chi connectivity index (χ0) is 9.42. The van der Waals surface area contributed by atoms with Gasteiger partial charge in [-0.2, -0.15) is 0 Å². The molecule has 0 aliphatic carbocycles. The van der Waals surface area contributed by atoms with Crippen LogP contribution in [0.2, 0.25) is 0 Å². The van der Waals surface area contributed by atoms with E-state index in [0.29, 0.717) is 11.2 Å². The van der Waals surface area contributed by atoms with E-state index in [-0.39, 0.29) is 11.4 Å². The van der Waals surface area contributed by atoms with Gasteiger partial charge in [0.2, 0.25) is 0 Å². The number of nitrogen functional groups attached to an aromatic ring is 1. The van der Waals surface area contributed by atoms with Crippen LogP contribution in [0.5, 0.6) is 0 Å². The minimum Gasteiger partial charge on any atom is -0.379 e. The highest BCUT2D eigenvalue weighted by Crippen LogP contribution is 2.05. The van der Waals surface area contributed by atoms with Crippen LogP contribution in [0.1, 0.15) is 0 Å². The fourth-order valence-electron chi connectivity index (χ4n) is 1.18. The second-order valence-electron chi connectivity index (χ2n) is 2.71. The molecule has 5 heteroatoms. The minimum atomic E-state index is -0.314. The van der Waals surface area contributed by atoms with E-state index in [2.05, 4.69) is 9.97 Å². The standard InChI is InChI=1S/C8H8N4O/c1-12-7-5(3-2-4-10-7)11-6(9)8(12)13/h2-4H,1H3,(H2,9,11). The van der Waals surface area contributed by atoms with Crippen LogP contribution in [0.3, 0.4) is 0 Å². The summed E-state index contributed by atoms with van der Waals surface area (Å²) < 4.78 is 1.39. The molecule has 0 fully saturated rings. The maximum absolute atomic E-state index is 11.3. The Morgan fingerprint density at radius 3 is 3.08 bits per heavy atom. The van der Waals surface area contributed by atoms with Crippen molar-refractivity contribution in [1.29, 1.82) is 0 Å². The van der Waals surface area contributed by atoms with E-state index in [1.54, 1.807) is 25.4 Å². The lowest BCUT2D eigenvalue weighted by Gasteiger charge is -2.02. The lowest BCUT2D eigenvalue weighted by atomic mass is 10.4. The third kappa shape index (κ3) is 1.05. The Morgan fingerprint density at radius 1 is 1.54 bits per heavy atom. The number of hydrogen-bond acceptors (Lipinski definition) is 4. The SMILES string of the molecule is Cn1c(=O)c(N)nc2cccnc21. The average Bonchev–Trinajstić information content (AvgIpc) is 2.15. The molecule has 2 heterocycles. The molecule has 0 aromatic carbocycles. The molecule has 2 rings (SSSR count). The quantitative estimate of drug-likeness (QED) is 0.608. The molecule has 0 spiro atoms. The summed E-state index contributed by atoms with van der Waals surface area (Å²) in [5.74, 6) is 0.00278. The van der Waals surface area contributed by atoms with Crippen molar-refractivity contribution in [3.05, 3.63) is 28.7 Å². The summed E-state index contributed by atoms with van der Waals surface area (Å²) in [7, 11) is 1.62. The maximum Gasteiger partial charge on any atom is 0.294 e. The van der Waals surface area contributed by atoms with Gasteiger partial charge in [-0.25, -0.2) is 9.97 Å². The number of rotatable bonds is 0. The first-order valence-electron chi connectivity index (χ1n) is 3.77. The summed E-state index contributed by atoms with van der Waals surface area (Å²) in [6, 6.07) is 3.51. The average molecular weight is 176 g/mol. The Morgan fingerprint density at radius 2 is 2.31 bits per heavy atom. The molecule has 0 bridgehead atoms. The third-order valence-corrected chi connectivity index (χ3v) is 1.85. The first-order chi connectivity index (χ1) is 6.20. The summed E-state index contributed by atoms with van der Waals surface area (Å²) in [5, 5.41) is 0. The number of hydrogen-bond donors (Lipinski definition) is 1. The topological polar surface area (TPSA) is 73.8 Å². The fraction of sp³-hybridized carbons (Fsp3) is 0.125. The molecule has 0 saturated carbocycles. The van der Waals surface area contributed by atoms with Crippen LogP contribution < -0.4 is 11.3 Å². The van der Waals surface area contributed by atoms with Crippen molar-refractivity contribution in [2.24, 2.45) is 7.05 Å². The van der Waals surface area contributed by atoms with E-state index < -0.39 is 0 Å². The van der Waals surface area contributed by atoms with E-state index in [4.69, 9.17) is 5.73 Å².